The Morgan fingerprint density at radius 3 is 2.76 bits per heavy atom. The molecule has 29 heavy (non-hydrogen) atoms. The van der Waals surface area contributed by atoms with E-state index in [1.807, 2.05) is 13.0 Å². The van der Waals surface area contributed by atoms with Gasteiger partial charge in [0.2, 0.25) is 11.8 Å². The lowest BCUT2D eigenvalue weighted by atomic mass is 9.69. The predicted octanol–water partition coefficient (Wildman–Crippen LogP) is 3.19. The Labute approximate surface area is 172 Å². The fourth-order valence-corrected chi connectivity index (χ4v) is 4.43. The minimum absolute atomic E-state index is 0.0556. The summed E-state index contributed by atoms with van der Waals surface area (Å²) in [4.78, 5) is 26.5. The third kappa shape index (κ3) is 2.05. The number of rotatable bonds is 0. The zero-order valence-corrected chi connectivity index (χ0v) is 16.6. The maximum absolute atomic E-state index is 13.4. The minimum atomic E-state index is -1.75. The Balaban J connectivity index is 2.02. The summed E-state index contributed by atoms with van der Waals surface area (Å²) >= 11 is 3.45. The molecular formula is C21H12BrN3O4. The van der Waals surface area contributed by atoms with E-state index < -0.39 is 16.9 Å². The molecule has 3 aromatic rings. The topological polar surface area (TPSA) is 118 Å². The van der Waals surface area contributed by atoms with Gasteiger partial charge in [-0.3, -0.25) is 4.79 Å². The van der Waals surface area contributed by atoms with Crippen LogP contribution in [-0.4, -0.2) is 5.91 Å². The molecule has 0 fully saturated rings. The Morgan fingerprint density at radius 1 is 1.24 bits per heavy atom. The van der Waals surface area contributed by atoms with Crippen molar-refractivity contribution in [2.45, 2.75) is 12.3 Å². The van der Waals surface area contributed by atoms with Crippen molar-refractivity contribution in [2.75, 3.05) is 5.32 Å². The van der Waals surface area contributed by atoms with Crippen molar-refractivity contribution in [1.82, 2.24) is 0 Å². The Hall–Kier alpha value is -3.57. The highest BCUT2D eigenvalue weighted by Crippen LogP contribution is 2.54. The van der Waals surface area contributed by atoms with Crippen LogP contribution in [0.1, 0.15) is 16.7 Å². The van der Waals surface area contributed by atoms with E-state index in [0.717, 1.165) is 10.0 Å². The molecule has 5 rings (SSSR count). The molecule has 0 bridgehead atoms. The predicted molar refractivity (Wildman–Crippen MR) is 108 cm³/mol. The number of hydrogen-bond acceptors (Lipinski definition) is 6. The van der Waals surface area contributed by atoms with Gasteiger partial charge in [-0.25, -0.2) is 4.79 Å². The van der Waals surface area contributed by atoms with E-state index in [1.165, 1.54) is 0 Å². The molecule has 1 aromatic heterocycles. The standard InChI is InChI=1S/C21H12BrN3O4/c1-9-6-11-14(7-13(9)22)25-20(27)21(11)12(8-23)18(24)29-17-10-4-2-3-5-15(10)28-19(26)16(17)21/h2-7H,24H2,1H3,(H,25,27). The van der Waals surface area contributed by atoms with Gasteiger partial charge in [-0.1, -0.05) is 34.1 Å². The van der Waals surface area contributed by atoms with Crippen LogP contribution in [0, 0.1) is 18.3 Å². The van der Waals surface area contributed by atoms with Gasteiger partial charge < -0.3 is 20.2 Å². The lowest BCUT2D eigenvalue weighted by molar-refractivity contribution is -0.118. The molecule has 2 aromatic carbocycles. The van der Waals surface area contributed by atoms with E-state index in [2.05, 4.69) is 21.2 Å². The smallest absolute Gasteiger partial charge is 0.345 e. The molecule has 1 spiro atoms. The van der Waals surface area contributed by atoms with Crippen LogP contribution in [0.15, 0.2) is 61.5 Å². The highest BCUT2D eigenvalue weighted by molar-refractivity contribution is 9.10. The summed E-state index contributed by atoms with van der Waals surface area (Å²) in [6.07, 6.45) is 0. The first kappa shape index (κ1) is 17.5. The van der Waals surface area contributed by atoms with Gasteiger partial charge >= 0.3 is 5.63 Å². The Kier molecular flexibility index (Phi) is 3.46. The van der Waals surface area contributed by atoms with E-state index in [4.69, 9.17) is 14.9 Å². The number of nitrogens with two attached hydrogens (primary N) is 1. The fraction of sp³-hybridized carbons (Fsp3) is 0.0952. The van der Waals surface area contributed by atoms with Crippen molar-refractivity contribution in [1.29, 1.82) is 5.26 Å². The average Bonchev–Trinajstić information content (AvgIpc) is 2.94. The monoisotopic (exact) mass is 449 g/mol. The molecule has 1 amide bonds. The molecular weight excluding hydrogens is 438 g/mol. The second-order valence-electron chi connectivity index (χ2n) is 6.89. The number of carbonyl (C=O) groups excluding carboxylic acids is 1. The van der Waals surface area contributed by atoms with Crippen LogP contribution in [-0.2, 0) is 10.2 Å². The summed E-state index contributed by atoms with van der Waals surface area (Å²) < 4.78 is 12.0. The van der Waals surface area contributed by atoms with Gasteiger partial charge in [0.15, 0.2) is 11.2 Å². The van der Waals surface area contributed by atoms with Crippen molar-refractivity contribution in [3.63, 3.8) is 0 Å². The van der Waals surface area contributed by atoms with E-state index in [1.54, 1.807) is 36.4 Å². The number of halogens is 1. The first-order chi connectivity index (χ1) is 13.9. The number of nitrogens with zero attached hydrogens (tertiary/aromatic N) is 1. The number of hydrogen-bond donors (Lipinski definition) is 2. The van der Waals surface area contributed by atoms with Crippen molar-refractivity contribution < 1.29 is 13.9 Å². The highest BCUT2D eigenvalue weighted by Gasteiger charge is 2.59. The van der Waals surface area contributed by atoms with Gasteiger partial charge in [-0.2, -0.15) is 5.26 Å². The molecule has 7 nitrogen and oxygen atoms in total. The zero-order valence-electron chi connectivity index (χ0n) is 15.0. The van der Waals surface area contributed by atoms with Crippen molar-refractivity contribution >= 4 is 38.5 Å². The number of ether oxygens (including phenoxy) is 1. The number of carbonyl (C=O) groups is 1. The molecule has 142 valence electrons. The Bertz CT molecular complexity index is 1400. The third-order valence-electron chi connectivity index (χ3n) is 5.38. The molecule has 0 radical (unpaired) electrons. The summed E-state index contributed by atoms with van der Waals surface area (Å²) in [7, 11) is 0. The Morgan fingerprint density at radius 2 is 2.00 bits per heavy atom. The molecule has 8 heteroatoms. The summed E-state index contributed by atoms with van der Waals surface area (Å²) in [5.41, 5.74) is 5.44. The van der Waals surface area contributed by atoms with E-state index in [0.29, 0.717) is 22.2 Å². The number of para-hydroxylation sites is 1. The number of nitrogens with one attached hydrogen (secondary N) is 1. The lowest BCUT2D eigenvalue weighted by Gasteiger charge is -2.32. The fourth-order valence-electron chi connectivity index (χ4n) is 4.09. The molecule has 1 unspecified atom stereocenters. The first-order valence-electron chi connectivity index (χ1n) is 8.66. The number of nitriles is 1. The van der Waals surface area contributed by atoms with Crippen LogP contribution >= 0.6 is 15.9 Å². The third-order valence-corrected chi connectivity index (χ3v) is 6.23. The second kappa shape index (κ2) is 5.72. The summed E-state index contributed by atoms with van der Waals surface area (Å²) in [6.45, 7) is 1.85. The van der Waals surface area contributed by atoms with Gasteiger partial charge in [0.05, 0.1) is 5.39 Å². The van der Waals surface area contributed by atoms with Gasteiger partial charge in [-0.15, -0.1) is 0 Å². The second-order valence-corrected chi connectivity index (χ2v) is 7.75. The van der Waals surface area contributed by atoms with Crippen molar-refractivity contribution in [3.05, 3.63) is 79.4 Å². The quantitative estimate of drug-likeness (QED) is 0.508. The number of aryl methyl sites for hydroxylation is 1. The van der Waals surface area contributed by atoms with Crippen LogP contribution in [0.2, 0.25) is 0 Å². The van der Waals surface area contributed by atoms with E-state index >= 15 is 0 Å². The van der Waals surface area contributed by atoms with E-state index in [-0.39, 0.29) is 22.8 Å². The summed E-state index contributed by atoms with van der Waals surface area (Å²) in [6, 6.07) is 12.3. The molecule has 3 heterocycles. The molecule has 0 saturated carbocycles. The van der Waals surface area contributed by atoms with Crippen LogP contribution in [0.4, 0.5) is 5.69 Å². The van der Waals surface area contributed by atoms with Gasteiger partial charge in [-0.05, 0) is 30.7 Å². The molecule has 0 aliphatic carbocycles. The molecule has 1 atom stereocenters. The largest absolute Gasteiger partial charge is 0.439 e. The molecule has 3 N–H and O–H groups in total. The van der Waals surface area contributed by atoms with Crippen LogP contribution in [0.25, 0.3) is 11.0 Å². The lowest BCUT2D eigenvalue weighted by Crippen LogP contribution is -2.45. The molecule has 2 aliphatic heterocycles. The van der Waals surface area contributed by atoms with Crippen LogP contribution < -0.4 is 21.4 Å². The maximum atomic E-state index is 13.4. The van der Waals surface area contributed by atoms with Crippen molar-refractivity contribution in [2.24, 2.45) is 5.73 Å². The molecule has 2 aliphatic rings. The van der Waals surface area contributed by atoms with Gasteiger partial charge in [0, 0.05) is 15.7 Å². The molecule has 0 saturated heterocycles. The first-order valence-corrected chi connectivity index (χ1v) is 9.45. The average molecular weight is 450 g/mol. The van der Waals surface area contributed by atoms with E-state index in [9.17, 15) is 14.9 Å². The number of fused-ring (bicyclic) bond motifs is 6. The van der Waals surface area contributed by atoms with Gasteiger partial charge in [0.25, 0.3) is 0 Å². The minimum Gasteiger partial charge on any atom is -0.439 e. The normalized spacial score (nSPS) is 19.6. The zero-order chi connectivity index (χ0) is 20.5. The van der Waals surface area contributed by atoms with Crippen LogP contribution in [0.3, 0.4) is 0 Å². The maximum Gasteiger partial charge on any atom is 0.345 e. The number of amides is 1. The summed E-state index contributed by atoms with van der Waals surface area (Å²) in [5, 5.41) is 13.2. The number of benzene rings is 2. The number of anilines is 1. The van der Waals surface area contributed by atoms with Crippen LogP contribution in [0.5, 0.6) is 5.75 Å². The van der Waals surface area contributed by atoms with Crippen molar-refractivity contribution in [3.8, 4) is 11.8 Å². The van der Waals surface area contributed by atoms with Gasteiger partial charge in [0.1, 0.15) is 22.8 Å². The SMILES string of the molecule is Cc1cc2c(cc1Br)NC(=O)C21C(C#N)=C(N)Oc2c1c(=O)oc1ccccc21. The highest BCUT2D eigenvalue weighted by atomic mass is 79.9. The summed E-state index contributed by atoms with van der Waals surface area (Å²) in [5.74, 6) is -0.659.